The van der Waals surface area contributed by atoms with Gasteiger partial charge in [-0.2, -0.15) is 13.2 Å². The molecule has 6 rings (SSSR count). The van der Waals surface area contributed by atoms with E-state index in [2.05, 4.69) is 15.6 Å². The summed E-state index contributed by atoms with van der Waals surface area (Å²) < 4.78 is 72.0. The van der Waals surface area contributed by atoms with Crippen LogP contribution in [0.1, 0.15) is 42.5 Å². The molecule has 198 valence electrons. The van der Waals surface area contributed by atoms with E-state index in [0.717, 1.165) is 23.9 Å². The molecule has 2 fully saturated rings. The van der Waals surface area contributed by atoms with E-state index >= 15 is 0 Å². The number of allylic oxidation sites excluding steroid dienone is 2. The minimum atomic E-state index is -4.41. The minimum absolute atomic E-state index is 0.00515. The Morgan fingerprint density at radius 3 is 2.66 bits per heavy atom. The number of nitrogens with zero attached hydrogens (tertiary/aromatic N) is 2. The van der Waals surface area contributed by atoms with E-state index < -0.39 is 34.6 Å². The quantitative estimate of drug-likeness (QED) is 0.440. The van der Waals surface area contributed by atoms with E-state index in [1.165, 1.54) is 16.7 Å². The molecule has 6 nitrogen and oxygen atoms in total. The maximum atomic E-state index is 14.8. The van der Waals surface area contributed by atoms with Gasteiger partial charge in [-0.3, -0.25) is 14.2 Å². The van der Waals surface area contributed by atoms with Crippen molar-refractivity contribution in [3.63, 3.8) is 0 Å². The number of hydrogen-bond acceptors (Lipinski definition) is 4. The summed E-state index contributed by atoms with van der Waals surface area (Å²) in [5.41, 5.74) is -2.05. The second-order valence-corrected chi connectivity index (χ2v) is 10.4. The van der Waals surface area contributed by atoms with Crippen molar-refractivity contribution in [3.05, 3.63) is 75.2 Å². The molecule has 3 atom stereocenters. The fourth-order valence-electron chi connectivity index (χ4n) is 6.55. The number of benzene rings is 1. The van der Waals surface area contributed by atoms with Crippen molar-refractivity contribution >= 4 is 22.8 Å². The van der Waals surface area contributed by atoms with E-state index in [0.29, 0.717) is 24.7 Å². The fourth-order valence-corrected chi connectivity index (χ4v) is 6.55. The van der Waals surface area contributed by atoms with Crippen LogP contribution in [-0.2, 0) is 0 Å². The number of pyridine rings is 2. The highest BCUT2D eigenvalue weighted by molar-refractivity contribution is 5.98. The molecule has 3 unspecified atom stereocenters. The predicted octanol–water partition coefficient (Wildman–Crippen LogP) is 5.46. The highest BCUT2D eigenvalue weighted by atomic mass is 19.4. The summed E-state index contributed by atoms with van der Waals surface area (Å²) in [4.78, 5) is 31.2. The molecule has 0 aliphatic heterocycles. The fraction of sp³-hybridized carbons (Fsp3) is 0.370. The van der Waals surface area contributed by atoms with Gasteiger partial charge in [0.25, 0.3) is 5.91 Å². The average molecular weight is 530 g/mol. The molecule has 2 heterocycles. The van der Waals surface area contributed by atoms with Crippen LogP contribution in [0.25, 0.3) is 16.7 Å². The number of anilines is 1. The maximum Gasteiger partial charge on any atom is 0.394 e. The molecule has 3 aliphatic carbocycles. The first-order valence-corrected chi connectivity index (χ1v) is 12.3. The molecular weight excluding hydrogens is 507 g/mol. The first kappa shape index (κ1) is 24.6. The molecule has 2 bridgehead atoms. The molecule has 2 N–H and O–H groups in total. The van der Waals surface area contributed by atoms with Crippen LogP contribution >= 0.6 is 0 Å². The van der Waals surface area contributed by atoms with Crippen LogP contribution in [0.5, 0.6) is 0 Å². The number of carbonyl (C=O) groups excluding carboxylic acids is 1. The monoisotopic (exact) mass is 530 g/mol. The van der Waals surface area contributed by atoms with Crippen LogP contribution in [-0.4, -0.2) is 28.7 Å². The molecule has 0 radical (unpaired) electrons. The van der Waals surface area contributed by atoms with Gasteiger partial charge in [-0.25, -0.2) is 13.8 Å². The SMILES string of the molecule is CNc1ccc2c(=O)c(C(=O)NC3=C4CCC5CC(C(F)(F)F)(C3)CC45)cn(-c3ccc(F)cc3F)c2n1. The Balaban J connectivity index is 1.46. The van der Waals surface area contributed by atoms with E-state index in [-0.39, 0.29) is 59.1 Å². The van der Waals surface area contributed by atoms with E-state index in [4.69, 9.17) is 0 Å². The Bertz CT molecular complexity index is 1590. The molecule has 1 aromatic carbocycles. The largest absolute Gasteiger partial charge is 0.394 e. The maximum absolute atomic E-state index is 14.8. The first-order chi connectivity index (χ1) is 18.0. The third-order valence-electron chi connectivity index (χ3n) is 8.35. The summed E-state index contributed by atoms with van der Waals surface area (Å²) in [7, 11) is 1.60. The van der Waals surface area contributed by atoms with Crippen molar-refractivity contribution in [1.82, 2.24) is 14.9 Å². The third kappa shape index (κ3) is 3.62. The zero-order chi connectivity index (χ0) is 27.0. The second-order valence-electron chi connectivity index (χ2n) is 10.4. The number of fused-ring (bicyclic) bond motifs is 2. The number of alkyl halides is 3. The van der Waals surface area contributed by atoms with Crippen molar-refractivity contribution < 1.29 is 26.7 Å². The number of nitrogens with one attached hydrogen (secondary N) is 2. The van der Waals surface area contributed by atoms with Crippen LogP contribution in [0.4, 0.5) is 27.8 Å². The average Bonchev–Trinajstić information content (AvgIpc) is 3.39. The van der Waals surface area contributed by atoms with Crippen molar-refractivity contribution in [3.8, 4) is 5.69 Å². The van der Waals surface area contributed by atoms with Gasteiger partial charge in [-0.15, -0.1) is 0 Å². The highest BCUT2D eigenvalue weighted by Gasteiger charge is 2.64. The Hall–Kier alpha value is -3.76. The van der Waals surface area contributed by atoms with Crippen LogP contribution < -0.4 is 16.1 Å². The third-order valence-corrected chi connectivity index (χ3v) is 8.35. The standard InChI is InChI=1S/C27H23F5N4O2/c1-33-22-7-5-16-23(37)18(12-36(24(16)35-22)21-6-3-14(28)8-19(21)29)25(38)34-20-11-26(27(30,31)32)9-13-2-4-15(20)17(13)10-26/h3,5-8,12-13,17H,2,4,9-11H2,1H3,(H,33,35)(H,34,38). The van der Waals surface area contributed by atoms with Gasteiger partial charge in [0, 0.05) is 31.4 Å². The normalized spacial score (nSPS) is 24.3. The van der Waals surface area contributed by atoms with Crippen LogP contribution in [0.15, 0.2) is 52.6 Å². The number of carbonyl (C=O) groups is 1. The van der Waals surface area contributed by atoms with Gasteiger partial charge in [0.2, 0.25) is 5.43 Å². The van der Waals surface area contributed by atoms with Crippen LogP contribution in [0, 0.1) is 28.9 Å². The van der Waals surface area contributed by atoms with Gasteiger partial charge < -0.3 is 10.6 Å². The molecule has 11 heteroatoms. The summed E-state index contributed by atoms with van der Waals surface area (Å²) >= 11 is 0. The van der Waals surface area contributed by atoms with Crippen LogP contribution in [0.2, 0.25) is 0 Å². The van der Waals surface area contributed by atoms with E-state index in [1.807, 2.05) is 0 Å². The van der Waals surface area contributed by atoms with Gasteiger partial charge >= 0.3 is 6.18 Å². The molecule has 2 aromatic heterocycles. The van der Waals surface area contributed by atoms with Gasteiger partial charge in [0.05, 0.1) is 16.5 Å². The summed E-state index contributed by atoms with van der Waals surface area (Å²) in [6.07, 6.45) is -2.33. The van der Waals surface area contributed by atoms with Gasteiger partial charge in [0.15, 0.2) is 5.65 Å². The Morgan fingerprint density at radius 1 is 1.16 bits per heavy atom. The second kappa shape index (κ2) is 8.37. The van der Waals surface area contributed by atoms with E-state index in [9.17, 15) is 31.5 Å². The first-order valence-electron chi connectivity index (χ1n) is 12.3. The molecule has 0 saturated heterocycles. The number of halogens is 5. The molecular formula is C27H23F5N4O2. The Kier molecular flexibility index (Phi) is 5.41. The lowest BCUT2D eigenvalue weighted by molar-refractivity contribution is -0.225. The highest BCUT2D eigenvalue weighted by Crippen LogP contribution is 2.66. The topological polar surface area (TPSA) is 76.0 Å². The van der Waals surface area contributed by atoms with Crippen LogP contribution in [0.3, 0.4) is 0 Å². The molecule has 2 saturated carbocycles. The predicted molar refractivity (Wildman–Crippen MR) is 130 cm³/mol. The lowest BCUT2D eigenvalue weighted by atomic mass is 9.73. The van der Waals surface area contributed by atoms with Gasteiger partial charge in [-0.1, -0.05) is 0 Å². The minimum Gasteiger partial charge on any atom is -0.373 e. The summed E-state index contributed by atoms with van der Waals surface area (Å²) in [5.74, 6) is -2.57. The van der Waals surface area contributed by atoms with Gasteiger partial charge in [-0.05, 0) is 67.4 Å². The molecule has 1 amide bonds. The van der Waals surface area contributed by atoms with Crippen molar-refractivity contribution in [2.75, 3.05) is 12.4 Å². The Labute approximate surface area is 213 Å². The molecule has 3 aliphatic rings. The lowest BCUT2D eigenvalue weighted by Gasteiger charge is -2.37. The zero-order valence-electron chi connectivity index (χ0n) is 20.3. The smallest absolute Gasteiger partial charge is 0.373 e. The van der Waals surface area contributed by atoms with Crippen molar-refractivity contribution in [2.45, 2.75) is 38.3 Å². The Morgan fingerprint density at radius 2 is 1.95 bits per heavy atom. The number of rotatable bonds is 4. The molecule has 0 spiro atoms. The number of aromatic nitrogens is 2. The van der Waals surface area contributed by atoms with Gasteiger partial charge in [0.1, 0.15) is 23.0 Å². The lowest BCUT2D eigenvalue weighted by Crippen LogP contribution is -2.42. The summed E-state index contributed by atoms with van der Waals surface area (Å²) in [6.45, 7) is 0. The van der Waals surface area contributed by atoms with Crippen molar-refractivity contribution in [2.24, 2.45) is 17.3 Å². The number of amides is 1. The molecule has 38 heavy (non-hydrogen) atoms. The van der Waals surface area contributed by atoms with E-state index in [1.54, 1.807) is 7.05 Å². The summed E-state index contributed by atoms with van der Waals surface area (Å²) in [5, 5.41) is 5.45. The summed E-state index contributed by atoms with van der Waals surface area (Å²) in [6, 6.07) is 5.78. The van der Waals surface area contributed by atoms with Crippen molar-refractivity contribution in [1.29, 1.82) is 0 Å². The molecule has 3 aromatic rings. The zero-order valence-corrected chi connectivity index (χ0v) is 20.3. The number of hydrogen-bond donors (Lipinski definition) is 2.